The van der Waals surface area contributed by atoms with Gasteiger partial charge in [-0.25, -0.2) is 0 Å². The van der Waals surface area contributed by atoms with Crippen LogP contribution in [0.1, 0.15) is 22.6 Å². The van der Waals surface area contributed by atoms with Crippen LogP contribution in [0.25, 0.3) is 0 Å². The van der Waals surface area contributed by atoms with E-state index >= 15 is 0 Å². The second-order valence-electron chi connectivity index (χ2n) is 5.34. The van der Waals surface area contributed by atoms with Crippen molar-refractivity contribution in [2.24, 2.45) is 0 Å². The molecule has 1 aliphatic rings. The first kappa shape index (κ1) is 13.7. The Morgan fingerprint density at radius 2 is 1.90 bits per heavy atom. The Kier molecular flexibility index (Phi) is 3.91. The lowest BCUT2D eigenvalue weighted by Gasteiger charge is -2.19. The van der Waals surface area contributed by atoms with E-state index in [-0.39, 0.29) is 5.92 Å². The minimum Gasteiger partial charge on any atom is -0.486 e. The molecule has 3 nitrogen and oxygen atoms in total. The minimum absolute atomic E-state index is 0.132. The van der Waals surface area contributed by atoms with Gasteiger partial charge in [0.1, 0.15) is 19.5 Å². The van der Waals surface area contributed by atoms with Gasteiger partial charge in [0.25, 0.3) is 0 Å². The molecule has 21 heavy (non-hydrogen) atoms. The van der Waals surface area contributed by atoms with Crippen molar-refractivity contribution in [2.45, 2.75) is 19.3 Å². The number of aryl methyl sites for hydroxylation is 1. The third kappa shape index (κ3) is 3.07. The molecular formula is C18H18O3. The summed E-state index contributed by atoms with van der Waals surface area (Å²) in [4.78, 5) is 11.5. The molecule has 1 aliphatic heterocycles. The molecule has 2 aromatic carbocycles. The van der Waals surface area contributed by atoms with Crippen molar-refractivity contribution in [1.82, 2.24) is 0 Å². The van der Waals surface area contributed by atoms with Gasteiger partial charge < -0.3 is 14.3 Å². The fraction of sp³-hybridized carbons (Fsp3) is 0.278. The van der Waals surface area contributed by atoms with Crippen LogP contribution in [0.3, 0.4) is 0 Å². The number of benzene rings is 2. The van der Waals surface area contributed by atoms with Crippen LogP contribution in [0.15, 0.2) is 42.5 Å². The smallest absolute Gasteiger partial charge is 0.161 e. The summed E-state index contributed by atoms with van der Waals surface area (Å²) in [5.41, 5.74) is 3.30. The molecule has 0 radical (unpaired) electrons. The van der Waals surface area contributed by atoms with E-state index < -0.39 is 0 Å². The molecule has 0 spiro atoms. The van der Waals surface area contributed by atoms with Gasteiger partial charge in [0, 0.05) is 5.92 Å². The van der Waals surface area contributed by atoms with E-state index in [2.05, 4.69) is 6.07 Å². The maximum Gasteiger partial charge on any atom is 0.161 e. The molecule has 0 saturated carbocycles. The number of carbonyl (C=O) groups is 1. The van der Waals surface area contributed by atoms with E-state index in [9.17, 15) is 4.79 Å². The van der Waals surface area contributed by atoms with Crippen LogP contribution in [-0.2, 0) is 11.2 Å². The van der Waals surface area contributed by atoms with Crippen LogP contribution in [-0.4, -0.2) is 19.5 Å². The van der Waals surface area contributed by atoms with Crippen LogP contribution >= 0.6 is 0 Å². The Labute approximate surface area is 124 Å². The van der Waals surface area contributed by atoms with Crippen molar-refractivity contribution in [1.29, 1.82) is 0 Å². The quantitative estimate of drug-likeness (QED) is 0.807. The van der Waals surface area contributed by atoms with Crippen LogP contribution < -0.4 is 9.47 Å². The van der Waals surface area contributed by atoms with Gasteiger partial charge in [0.2, 0.25) is 0 Å². The number of carbonyl (C=O) groups excluding carboxylic acids is 1. The van der Waals surface area contributed by atoms with E-state index in [1.807, 2.05) is 43.3 Å². The molecule has 1 atom stereocenters. The molecule has 1 heterocycles. The van der Waals surface area contributed by atoms with Gasteiger partial charge >= 0.3 is 0 Å². The molecular weight excluding hydrogens is 264 g/mol. The SMILES string of the molecule is Cc1cccc(C(C=O)Cc2ccc3c(c2)OCCO3)c1. The number of fused-ring (bicyclic) bond motifs is 1. The minimum atomic E-state index is -0.132. The molecule has 0 saturated heterocycles. The van der Waals surface area contributed by atoms with Crippen molar-refractivity contribution in [3.8, 4) is 11.5 Å². The molecule has 0 fully saturated rings. The van der Waals surface area contributed by atoms with Crippen LogP contribution in [0.2, 0.25) is 0 Å². The normalized spacial score (nSPS) is 14.5. The summed E-state index contributed by atoms with van der Waals surface area (Å²) in [6, 6.07) is 14.0. The molecule has 0 N–H and O–H groups in total. The van der Waals surface area contributed by atoms with Crippen molar-refractivity contribution >= 4 is 6.29 Å². The molecule has 0 amide bonds. The maximum absolute atomic E-state index is 11.5. The Hall–Kier alpha value is -2.29. The topological polar surface area (TPSA) is 35.5 Å². The Balaban J connectivity index is 1.82. The second-order valence-corrected chi connectivity index (χ2v) is 5.34. The summed E-state index contributed by atoms with van der Waals surface area (Å²) in [6.07, 6.45) is 1.69. The summed E-state index contributed by atoms with van der Waals surface area (Å²) in [7, 11) is 0. The first-order valence-corrected chi connectivity index (χ1v) is 7.16. The summed E-state index contributed by atoms with van der Waals surface area (Å²) in [5.74, 6) is 1.42. The molecule has 0 aliphatic carbocycles. The Morgan fingerprint density at radius 3 is 2.67 bits per heavy atom. The average molecular weight is 282 g/mol. The fourth-order valence-corrected chi connectivity index (χ4v) is 2.61. The molecule has 2 aromatic rings. The highest BCUT2D eigenvalue weighted by Gasteiger charge is 2.15. The third-order valence-corrected chi connectivity index (χ3v) is 3.70. The molecule has 0 bridgehead atoms. The number of rotatable bonds is 4. The Morgan fingerprint density at radius 1 is 1.10 bits per heavy atom. The zero-order valence-electron chi connectivity index (χ0n) is 12.0. The average Bonchev–Trinajstić information content (AvgIpc) is 2.52. The first-order chi connectivity index (χ1) is 10.3. The van der Waals surface area contributed by atoms with Gasteiger partial charge in [0.05, 0.1) is 0 Å². The van der Waals surface area contributed by atoms with Gasteiger partial charge in [-0.15, -0.1) is 0 Å². The number of hydrogen-bond acceptors (Lipinski definition) is 3. The molecule has 3 heteroatoms. The van der Waals surface area contributed by atoms with Gasteiger partial charge in [0.15, 0.2) is 11.5 Å². The lowest BCUT2D eigenvalue weighted by atomic mass is 9.92. The van der Waals surface area contributed by atoms with Gasteiger partial charge in [-0.2, -0.15) is 0 Å². The van der Waals surface area contributed by atoms with Crippen molar-refractivity contribution in [3.63, 3.8) is 0 Å². The van der Waals surface area contributed by atoms with Crippen LogP contribution in [0.4, 0.5) is 0 Å². The van der Waals surface area contributed by atoms with Gasteiger partial charge in [-0.1, -0.05) is 35.9 Å². The number of aldehydes is 1. The lowest BCUT2D eigenvalue weighted by Crippen LogP contribution is -2.15. The predicted molar refractivity (Wildman–Crippen MR) is 81.1 cm³/mol. The summed E-state index contributed by atoms with van der Waals surface area (Å²) in [5, 5.41) is 0. The van der Waals surface area contributed by atoms with Crippen LogP contribution in [0, 0.1) is 6.92 Å². The van der Waals surface area contributed by atoms with Crippen molar-refractivity contribution in [2.75, 3.05) is 13.2 Å². The van der Waals surface area contributed by atoms with Crippen LogP contribution in [0.5, 0.6) is 11.5 Å². The number of ether oxygens (including phenoxy) is 2. The monoisotopic (exact) mass is 282 g/mol. The largest absolute Gasteiger partial charge is 0.486 e. The van der Waals surface area contributed by atoms with E-state index in [0.29, 0.717) is 19.6 Å². The van der Waals surface area contributed by atoms with Crippen molar-refractivity contribution < 1.29 is 14.3 Å². The van der Waals surface area contributed by atoms with E-state index in [0.717, 1.165) is 28.9 Å². The maximum atomic E-state index is 11.5. The highest BCUT2D eigenvalue weighted by molar-refractivity contribution is 5.63. The summed E-state index contributed by atoms with van der Waals surface area (Å²) < 4.78 is 11.1. The highest BCUT2D eigenvalue weighted by Crippen LogP contribution is 2.32. The molecule has 1 unspecified atom stereocenters. The molecule has 108 valence electrons. The zero-order chi connectivity index (χ0) is 14.7. The zero-order valence-corrected chi connectivity index (χ0v) is 12.0. The van der Waals surface area contributed by atoms with E-state index in [1.54, 1.807) is 0 Å². The predicted octanol–water partition coefficient (Wildman–Crippen LogP) is 3.29. The van der Waals surface area contributed by atoms with Gasteiger partial charge in [-0.3, -0.25) is 0 Å². The molecule has 3 rings (SSSR count). The number of hydrogen-bond donors (Lipinski definition) is 0. The lowest BCUT2D eigenvalue weighted by molar-refractivity contribution is -0.109. The second kappa shape index (κ2) is 6.00. The summed E-state index contributed by atoms with van der Waals surface area (Å²) >= 11 is 0. The van der Waals surface area contributed by atoms with E-state index in [4.69, 9.17) is 9.47 Å². The third-order valence-electron chi connectivity index (χ3n) is 3.70. The summed E-state index contributed by atoms with van der Waals surface area (Å²) in [6.45, 7) is 3.20. The highest BCUT2D eigenvalue weighted by atomic mass is 16.6. The van der Waals surface area contributed by atoms with Crippen molar-refractivity contribution in [3.05, 3.63) is 59.2 Å². The van der Waals surface area contributed by atoms with E-state index in [1.165, 1.54) is 5.56 Å². The molecule has 0 aromatic heterocycles. The first-order valence-electron chi connectivity index (χ1n) is 7.16. The fourth-order valence-electron chi connectivity index (χ4n) is 2.61. The standard InChI is InChI=1S/C18H18O3/c1-13-3-2-4-15(9-13)16(12-19)10-14-5-6-17-18(11-14)21-8-7-20-17/h2-6,9,11-12,16H,7-8,10H2,1H3. The Bertz CT molecular complexity index is 649. The van der Waals surface area contributed by atoms with Gasteiger partial charge in [-0.05, 0) is 36.6 Å².